The molecule has 0 bridgehead atoms. The molecular weight excluding hydrogens is 418 g/mol. The van der Waals surface area contributed by atoms with Crippen molar-refractivity contribution in [2.24, 2.45) is 0 Å². The van der Waals surface area contributed by atoms with Gasteiger partial charge in [-0.2, -0.15) is 0 Å². The molecule has 6 nitrogen and oxygen atoms in total. The lowest BCUT2D eigenvalue weighted by Crippen LogP contribution is -2.31. The zero-order valence-corrected chi connectivity index (χ0v) is 18.2. The first kappa shape index (κ1) is 21.9. The normalized spacial score (nSPS) is 16.0. The molecule has 2 N–H and O–H groups in total. The first-order valence-corrected chi connectivity index (χ1v) is 10.4. The number of rotatable bonds is 6. The van der Waals surface area contributed by atoms with Crippen molar-refractivity contribution >= 4 is 23.5 Å². The predicted molar refractivity (Wildman–Crippen MR) is 126 cm³/mol. The maximum absolute atomic E-state index is 13.3. The number of aliphatic hydroxyl groups excluding tert-OH is 1. The average Bonchev–Trinajstić information content (AvgIpc) is 3.09. The molecule has 0 unspecified atom stereocenters. The number of ketones is 1. The smallest absolute Gasteiger partial charge is 0.294 e. The number of anilines is 1. The van der Waals surface area contributed by atoms with Crippen LogP contribution in [0, 0.1) is 6.92 Å². The highest BCUT2D eigenvalue weighted by Crippen LogP contribution is 2.43. The Balaban J connectivity index is 1.84. The van der Waals surface area contributed by atoms with Crippen LogP contribution in [0.3, 0.4) is 0 Å². The molecule has 6 heteroatoms. The summed E-state index contributed by atoms with van der Waals surface area (Å²) in [6.45, 7) is 1.85. The summed E-state index contributed by atoms with van der Waals surface area (Å²) in [7, 11) is 1.42. The van der Waals surface area contributed by atoms with Gasteiger partial charge >= 0.3 is 0 Å². The van der Waals surface area contributed by atoms with Crippen molar-refractivity contribution in [2.75, 3.05) is 12.0 Å². The summed E-state index contributed by atoms with van der Waals surface area (Å²) in [5.41, 5.74) is 2.67. The van der Waals surface area contributed by atoms with Crippen LogP contribution in [-0.2, 0) is 9.59 Å². The topological polar surface area (TPSA) is 87.1 Å². The lowest BCUT2D eigenvalue weighted by Gasteiger charge is -2.28. The fraction of sp³-hybridized carbons (Fsp3) is 0.111. The minimum absolute atomic E-state index is 0.0387. The Labute approximate surface area is 191 Å². The number of carbonyl (C=O) groups excluding carboxylic acids is 2. The zero-order chi connectivity index (χ0) is 23.5. The Morgan fingerprint density at radius 2 is 1.70 bits per heavy atom. The second kappa shape index (κ2) is 9.04. The molecule has 1 amide bonds. The van der Waals surface area contributed by atoms with Gasteiger partial charge in [0.1, 0.15) is 0 Å². The molecule has 33 heavy (non-hydrogen) atoms. The van der Waals surface area contributed by atoms with Crippen molar-refractivity contribution in [3.05, 3.63) is 107 Å². The van der Waals surface area contributed by atoms with Gasteiger partial charge in [0.2, 0.25) is 0 Å². The summed E-state index contributed by atoms with van der Waals surface area (Å²) in [5, 5.41) is 20.9. The van der Waals surface area contributed by atoms with Gasteiger partial charge in [0, 0.05) is 5.69 Å². The Morgan fingerprint density at radius 3 is 2.39 bits per heavy atom. The van der Waals surface area contributed by atoms with Crippen LogP contribution >= 0.6 is 0 Å². The summed E-state index contributed by atoms with van der Waals surface area (Å²) >= 11 is 0. The van der Waals surface area contributed by atoms with Crippen LogP contribution in [0.5, 0.6) is 11.5 Å². The first-order chi connectivity index (χ1) is 15.9. The number of aliphatic hydroxyl groups is 1. The number of ether oxygens (including phenoxy) is 1. The van der Waals surface area contributed by atoms with E-state index >= 15 is 0 Å². The third kappa shape index (κ3) is 4.11. The van der Waals surface area contributed by atoms with Gasteiger partial charge in [0.25, 0.3) is 5.91 Å². The molecule has 0 fully saturated rings. The molecule has 1 atom stereocenters. The number of para-hydroxylation sites is 1. The molecule has 166 valence electrons. The van der Waals surface area contributed by atoms with Gasteiger partial charge in [-0.05, 0) is 47.9 Å². The third-order valence-electron chi connectivity index (χ3n) is 5.59. The number of carbonyl (C=O) groups is 2. The maximum atomic E-state index is 13.3. The van der Waals surface area contributed by atoms with E-state index in [0.29, 0.717) is 11.3 Å². The summed E-state index contributed by atoms with van der Waals surface area (Å²) in [6.07, 6.45) is 2.98. The molecule has 0 spiro atoms. The van der Waals surface area contributed by atoms with E-state index < -0.39 is 23.5 Å². The number of methoxy groups -OCH3 is 1. The highest BCUT2D eigenvalue weighted by atomic mass is 16.5. The molecule has 0 aromatic heterocycles. The van der Waals surface area contributed by atoms with E-state index in [0.717, 1.165) is 11.1 Å². The van der Waals surface area contributed by atoms with Crippen molar-refractivity contribution < 1.29 is 24.5 Å². The molecule has 0 saturated carbocycles. The maximum Gasteiger partial charge on any atom is 0.294 e. The van der Waals surface area contributed by atoms with Crippen molar-refractivity contribution in [3.8, 4) is 11.5 Å². The van der Waals surface area contributed by atoms with Crippen LogP contribution in [-0.4, -0.2) is 29.0 Å². The summed E-state index contributed by atoms with van der Waals surface area (Å²) in [6, 6.07) is 20.2. The molecule has 0 aliphatic carbocycles. The number of phenols is 1. The highest BCUT2D eigenvalue weighted by molar-refractivity contribution is 6.20. The van der Waals surface area contributed by atoms with E-state index in [1.54, 1.807) is 30.3 Å². The van der Waals surface area contributed by atoms with Gasteiger partial charge in [0.15, 0.2) is 23.0 Å². The van der Waals surface area contributed by atoms with E-state index in [-0.39, 0.29) is 17.1 Å². The Morgan fingerprint density at radius 1 is 1.00 bits per heavy atom. The highest BCUT2D eigenvalue weighted by Gasteiger charge is 2.44. The van der Waals surface area contributed by atoms with E-state index in [1.807, 2.05) is 49.4 Å². The molecule has 3 aromatic carbocycles. The minimum Gasteiger partial charge on any atom is -0.504 e. The Bertz CT molecular complexity index is 1280. The number of hydrogen-bond acceptors (Lipinski definition) is 5. The standard InChI is InChI=1S/C27H23NO5/c1-17-8-6-7-11-20(17)28-25(19-13-15-21(29)23(16-19)33-2)24(26(31)27(28)32)22(30)14-12-18-9-4-3-5-10-18/h3-16,25,29,31H,1-2H3/b14-12+/t25-/m1/s1. The Kier molecular flexibility index (Phi) is 6.00. The molecule has 1 heterocycles. The summed E-state index contributed by atoms with van der Waals surface area (Å²) < 4.78 is 5.23. The number of amides is 1. The van der Waals surface area contributed by atoms with Gasteiger partial charge in [-0.25, -0.2) is 0 Å². The van der Waals surface area contributed by atoms with E-state index in [4.69, 9.17) is 4.74 Å². The lowest BCUT2D eigenvalue weighted by atomic mass is 9.94. The van der Waals surface area contributed by atoms with Gasteiger partial charge < -0.3 is 14.9 Å². The van der Waals surface area contributed by atoms with Crippen LogP contribution in [0.15, 0.2) is 90.2 Å². The molecule has 4 rings (SSSR count). The number of aromatic hydroxyl groups is 1. The van der Waals surface area contributed by atoms with Crippen LogP contribution in [0.4, 0.5) is 5.69 Å². The number of benzene rings is 3. The van der Waals surface area contributed by atoms with Gasteiger partial charge in [-0.1, -0.05) is 60.7 Å². The quantitative estimate of drug-likeness (QED) is 0.532. The van der Waals surface area contributed by atoms with Crippen LogP contribution in [0.1, 0.15) is 22.7 Å². The second-order valence-electron chi connectivity index (χ2n) is 7.67. The molecular formula is C27H23NO5. The van der Waals surface area contributed by atoms with Crippen molar-refractivity contribution in [1.29, 1.82) is 0 Å². The van der Waals surface area contributed by atoms with E-state index in [2.05, 4.69) is 0 Å². The van der Waals surface area contributed by atoms with Gasteiger partial charge in [-0.3, -0.25) is 14.5 Å². The van der Waals surface area contributed by atoms with Gasteiger partial charge in [-0.15, -0.1) is 0 Å². The number of aryl methyl sites for hydroxylation is 1. The van der Waals surface area contributed by atoms with E-state index in [9.17, 15) is 19.8 Å². The van der Waals surface area contributed by atoms with Crippen LogP contribution in [0.25, 0.3) is 6.08 Å². The van der Waals surface area contributed by atoms with E-state index in [1.165, 1.54) is 24.2 Å². The molecule has 0 radical (unpaired) electrons. The Hall–Kier alpha value is -4.32. The second-order valence-corrected chi connectivity index (χ2v) is 7.67. The first-order valence-electron chi connectivity index (χ1n) is 10.4. The lowest BCUT2D eigenvalue weighted by molar-refractivity contribution is -0.117. The minimum atomic E-state index is -0.902. The number of allylic oxidation sites excluding steroid dienone is 1. The SMILES string of the molecule is COc1cc([C@@H]2C(C(=O)/C=C/c3ccccc3)=C(O)C(=O)N2c2ccccc2C)ccc1O. The summed E-state index contributed by atoms with van der Waals surface area (Å²) in [4.78, 5) is 27.9. The molecule has 0 saturated heterocycles. The number of nitrogens with zero attached hydrogens (tertiary/aromatic N) is 1. The van der Waals surface area contributed by atoms with Crippen molar-refractivity contribution in [3.63, 3.8) is 0 Å². The zero-order valence-electron chi connectivity index (χ0n) is 18.2. The largest absolute Gasteiger partial charge is 0.504 e. The number of hydrogen-bond donors (Lipinski definition) is 2. The number of phenolic OH excluding ortho intramolecular Hbond substituents is 1. The molecule has 1 aliphatic heterocycles. The monoisotopic (exact) mass is 441 g/mol. The fourth-order valence-corrected chi connectivity index (χ4v) is 3.94. The van der Waals surface area contributed by atoms with Crippen molar-refractivity contribution in [1.82, 2.24) is 0 Å². The molecule has 1 aliphatic rings. The van der Waals surface area contributed by atoms with Gasteiger partial charge in [0.05, 0.1) is 18.7 Å². The average molecular weight is 441 g/mol. The third-order valence-corrected chi connectivity index (χ3v) is 5.59. The molecule has 3 aromatic rings. The van der Waals surface area contributed by atoms with Crippen molar-refractivity contribution in [2.45, 2.75) is 13.0 Å². The van der Waals surface area contributed by atoms with Crippen LogP contribution in [0.2, 0.25) is 0 Å². The summed E-state index contributed by atoms with van der Waals surface area (Å²) in [5.74, 6) is -1.63. The fourth-order valence-electron chi connectivity index (χ4n) is 3.94. The van der Waals surface area contributed by atoms with Crippen LogP contribution < -0.4 is 9.64 Å². The predicted octanol–water partition coefficient (Wildman–Crippen LogP) is 4.89.